The van der Waals surface area contributed by atoms with E-state index in [1.165, 1.54) is 6.07 Å². The maximum atomic E-state index is 12.9. The van der Waals surface area contributed by atoms with Crippen LogP contribution < -0.4 is 16.2 Å². The first-order valence-electron chi connectivity index (χ1n) is 18.5. The number of carbonyl (C=O) groups excluding carboxylic acids is 1. The van der Waals surface area contributed by atoms with Crippen molar-refractivity contribution < 1.29 is 24.2 Å². The lowest BCUT2D eigenvalue weighted by Gasteiger charge is -2.39. The van der Waals surface area contributed by atoms with Crippen LogP contribution in [0.4, 0.5) is 0 Å². The van der Waals surface area contributed by atoms with Crippen molar-refractivity contribution in [1.29, 1.82) is 0 Å². The molecule has 278 valence electrons. The molecular weight excluding hydrogens is 673 g/mol. The highest BCUT2D eigenvalue weighted by atomic mass is 28.4. The van der Waals surface area contributed by atoms with Gasteiger partial charge in [-0.15, -0.1) is 0 Å². The molecule has 1 saturated carbocycles. The van der Waals surface area contributed by atoms with Crippen LogP contribution in [0.5, 0.6) is 5.75 Å². The molecule has 0 radical (unpaired) electrons. The number of aromatic nitrogens is 2. The number of aliphatic carboxylic acids is 1. The summed E-state index contributed by atoms with van der Waals surface area (Å²) >= 11 is 0. The fourth-order valence-corrected chi connectivity index (χ4v) is 8.12. The van der Waals surface area contributed by atoms with Crippen molar-refractivity contribution in [3.8, 4) is 5.75 Å². The van der Waals surface area contributed by atoms with Gasteiger partial charge >= 0.3 is 5.97 Å². The van der Waals surface area contributed by atoms with Gasteiger partial charge in [0.25, 0.3) is 5.91 Å². The molecule has 0 aliphatic heterocycles. The van der Waals surface area contributed by atoms with Gasteiger partial charge in [0.2, 0.25) is 5.56 Å². The summed E-state index contributed by atoms with van der Waals surface area (Å²) in [5.41, 5.74) is 3.53. The maximum absolute atomic E-state index is 12.9. The Balaban J connectivity index is 1.13. The van der Waals surface area contributed by atoms with E-state index in [1.807, 2.05) is 24.3 Å². The number of hydrogen-bond acceptors (Lipinski definition) is 7. The number of unbranched alkanes of at least 4 members (excludes halogenated alkanes) is 1. The summed E-state index contributed by atoms with van der Waals surface area (Å²) in [5, 5.41) is 27.7. The number of nitrogens with zero attached hydrogens (tertiary/aromatic N) is 1. The normalized spacial score (nSPS) is 15.3. The van der Waals surface area contributed by atoms with E-state index < -0.39 is 19.7 Å². The van der Waals surface area contributed by atoms with Crippen molar-refractivity contribution in [2.45, 2.75) is 108 Å². The summed E-state index contributed by atoms with van der Waals surface area (Å²) < 4.78 is 6.89. The van der Waals surface area contributed by atoms with Gasteiger partial charge in [-0.25, -0.2) is 0 Å². The van der Waals surface area contributed by atoms with Crippen molar-refractivity contribution >= 4 is 31.1 Å². The number of benzene rings is 2. The van der Waals surface area contributed by atoms with Gasteiger partial charge in [0.1, 0.15) is 5.75 Å². The lowest BCUT2D eigenvalue weighted by molar-refractivity contribution is -0.145. The topological polar surface area (TPSA) is 154 Å². The van der Waals surface area contributed by atoms with E-state index in [9.17, 15) is 24.6 Å². The summed E-state index contributed by atoms with van der Waals surface area (Å²) in [6.07, 6.45) is 8.14. The Morgan fingerprint density at radius 1 is 1.02 bits per heavy atom. The minimum atomic E-state index is -2.22. The molecule has 1 aliphatic carbocycles. The van der Waals surface area contributed by atoms with Crippen LogP contribution in [0.15, 0.2) is 71.7 Å². The van der Waals surface area contributed by atoms with Crippen LogP contribution in [-0.4, -0.2) is 53.5 Å². The number of phenolic OH excluding ortho intramolecular Hbond substituents is 1. The van der Waals surface area contributed by atoms with Crippen LogP contribution in [0, 0.1) is 0 Å². The van der Waals surface area contributed by atoms with E-state index >= 15 is 0 Å². The van der Waals surface area contributed by atoms with E-state index in [0.717, 1.165) is 66.3 Å². The number of aromatic amines is 1. The number of nitrogens with one attached hydrogen (secondary N) is 3. The van der Waals surface area contributed by atoms with E-state index in [-0.39, 0.29) is 28.4 Å². The van der Waals surface area contributed by atoms with E-state index in [0.29, 0.717) is 43.6 Å². The van der Waals surface area contributed by atoms with Crippen molar-refractivity contribution in [2.24, 2.45) is 0 Å². The zero-order valence-corrected chi connectivity index (χ0v) is 32.2. The number of carbonyl (C=O) groups is 2. The number of amides is 1. The summed E-state index contributed by atoms with van der Waals surface area (Å²) in [5.74, 6) is -0.878. The number of phenols is 1. The van der Waals surface area contributed by atoms with Crippen molar-refractivity contribution in [2.75, 3.05) is 13.1 Å². The Bertz CT molecular complexity index is 1910. The maximum Gasteiger partial charge on any atom is 0.314 e. The molecule has 0 bridgehead atoms. The van der Waals surface area contributed by atoms with E-state index in [1.54, 1.807) is 24.4 Å². The van der Waals surface area contributed by atoms with Crippen LogP contribution in [-0.2, 0) is 27.6 Å². The third kappa shape index (κ3) is 9.18. The lowest BCUT2D eigenvalue weighted by Crippen LogP contribution is -2.43. The fraction of sp³-hybridized carbons (Fsp3) is 0.463. The molecule has 2 heterocycles. The second-order valence-corrected chi connectivity index (χ2v) is 20.4. The minimum Gasteiger partial charge on any atom is -0.506 e. The average molecular weight is 727 g/mol. The van der Waals surface area contributed by atoms with Gasteiger partial charge in [-0.2, -0.15) is 0 Å². The zero-order valence-electron chi connectivity index (χ0n) is 31.2. The molecule has 5 N–H and O–H groups in total. The number of rotatable bonds is 15. The molecular formula is C41H54N4O6Si. The Labute approximate surface area is 307 Å². The first kappa shape index (κ1) is 38.9. The number of fused-ring (bicyclic) bond motifs is 1. The Hall–Kier alpha value is -4.32. The molecule has 52 heavy (non-hydrogen) atoms. The number of aromatic hydroxyl groups is 1. The van der Waals surface area contributed by atoms with Crippen LogP contribution in [0.25, 0.3) is 10.9 Å². The molecule has 5 rings (SSSR count). The lowest BCUT2D eigenvalue weighted by atomic mass is 9.69. The van der Waals surface area contributed by atoms with Crippen molar-refractivity contribution in [3.63, 3.8) is 0 Å². The van der Waals surface area contributed by atoms with Gasteiger partial charge in [-0.3, -0.25) is 19.4 Å². The standard InChI is InChI=1S/C41H54N4O6Si/c1-40(2,3)52(4,5)51-35(32-17-19-34(46)37-33(32)18-20-36(47)45-37)27-42-26-31-16-15-29(25-44-31)38(48)43-23-10-7-12-28-13-11-14-30(24-28)41(39(49)50)21-8-6-9-22-41/h11,13-20,24-25,35,42,46H,6-10,12,21-23,26-27H2,1-5H3,(H,43,48)(H,45,47)(H,49,50)/t35-/m0/s1. The SMILES string of the molecule is CC(C)(C)[Si](C)(C)O[C@@H](CNCc1ccc(C(=O)NCCCCc2cccc(C3(C(=O)O)CCCCC3)c2)cn1)c1ccc(O)c2[nH]c(=O)ccc12. The Kier molecular flexibility index (Phi) is 12.4. The molecule has 11 heteroatoms. The highest BCUT2D eigenvalue weighted by Gasteiger charge is 2.41. The average Bonchev–Trinajstić information content (AvgIpc) is 3.11. The largest absolute Gasteiger partial charge is 0.506 e. The summed E-state index contributed by atoms with van der Waals surface area (Å²) in [7, 11) is -2.22. The predicted molar refractivity (Wildman–Crippen MR) is 207 cm³/mol. The van der Waals surface area contributed by atoms with Gasteiger partial charge in [0.15, 0.2) is 8.32 Å². The van der Waals surface area contributed by atoms with Crippen LogP contribution in [0.1, 0.15) is 105 Å². The fourth-order valence-electron chi connectivity index (χ4n) is 6.85. The molecule has 0 saturated heterocycles. The third-order valence-corrected chi connectivity index (χ3v) is 15.5. The van der Waals surface area contributed by atoms with Gasteiger partial charge in [0.05, 0.1) is 28.3 Å². The predicted octanol–water partition coefficient (Wildman–Crippen LogP) is 7.52. The molecule has 4 aromatic rings. The van der Waals surface area contributed by atoms with Crippen LogP contribution >= 0.6 is 0 Å². The summed E-state index contributed by atoms with van der Waals surface area (Å²) in [6.45, 7) is 12.4. The van der Waals surface area contributed by atoms with Gasteiger partial charge in [0, 0.05) is 37.3 Å². The highest BCUT2D eigenvalue weighted by Crippen LogP contribution is 2.42. The molecule has 0 spiro atoms. The number of aryl methyl sites for hydroxylation is 1. The summed E-state index contributed by atoms with van der Waals surface area (Å²) in [6, 6.07) is 18.3. The molecule has 1 fully saturated rings. The monoisotopic (exact) mass is 726 g/mol. The number of hydrogen-bond donors (Lipinski definition) is 5. The second kappa shape index (κ2) is 16.6. The van der Waals surface area contributed by atoms with Crippen LogP contribution in [0.2, 0.25) is 18.1 Å². The number of carboxylic acid groups (broad SMARTS) is 1. The number of H-pyrrole nitrogens is 1. The minimum absolute atomic E-state index is 0.0104. The third-order valence-electron chi connectivity index (χ3n) is 11.0. The van der Waals surface area contributed by atoms with E-state index in [4.69, 9.17) is 4.43 Å². The van der Waals surface area contributed by atoms with Crippen molar-refractivity contribution in [3.05, 3.63) is 105 Å². The number of carboxylic acids is 1. The van der Waals surface area contributed by atoms with Gasteiger partial charge in [-0.1, -0.05) is 70.4 Å². The van der Waals surface area contributed by atoms with Crippen LogP contribution in [0.3, 0.4) is 0 Å². The Morgan fingerprint density at radius 2 is 1.79 bits per heavy atom. The zero-order chi connectivity index (χ0) is 37.5. The molecule has 1 amide bonds. The molecule has 0 unspecified atom stereocenters. The molecule has 10 nitrogen and oxygen atoms in total. The number of pyridine rings is 2. The molecule has 2 aromatic heterocycles. The molecule has 1 atom stereocenters. The molecule has 1 aliphatic rings. The summed E-state index contributed by atoms with van der Waals surface area (Å²) in [4.78, 5) is 44.4. The van der Waals surface area contributed by atoms with Crippen molar-refractivity contribution in [1.82, 2.24) is 20.6 Å². The molecule has 2 aromatic carbocycles. The second-order valence-electron chi connectivity index (χ2n) is 15.7. The van der Waals surface area contributed by atoms with E-state index in [2.05, 4.69) is 66.6 Å². The quantitative estimate of drug-likeness (QED) is 0.0623. The first-order valence-corrected chi connectivity index (χ1v) is 21.4. The smallest absolute Gasteiger partial charge is 0.314 e. The highest BCUT2D eigenvalue weighted by molar-refractivity contribution is 6.74. The van der Waals surface area contributed by atoms with Gasteiger partial charge < -0.3 is 30.3 Å². The van der Waals surface area contributed by atoms with Gasteiger partial charge in [-0.05, 0) is 91.2 Å². The first-order chi connectivity index (χ1) is 24.7. The Morgan fingerprint density at radius 3 is 2.48 bits per heavy atom.